The lowest BCUT2D eigenvalue weighted by molar-refractivity contribution is -0.140. The Labute approximate surface area is 125 Å². The van der Waals surface area contributed by atoms with Crippen molar-refractivity contribution >= 4 is 11.8 Å². The van der Waals surface area contributed by atoms with Gasteiger partial charge in [-0.25, -0.2) is 0 Å². The van der Waals surface area contributed by atoms with Gasteiger partial charge in [-0.3, -0.25) is 19.4 Å². The summed E-state index contributed by atoms with van der Waals surface area (Å²) in [6.45, 7) is 4.33. The summed E-state index contributed by atoms with van der Waals surface area (Å²) in [4.78, 5) is 28.4. The molecule has 4 heteroatoms. The number of benzene rings is 1. The van der Waals surface area contributed by atoms with E-state index in [1.807, 2.05) is 31.2 Å². The van der Waals surface area contributed by atoms with E-state index in [4.69, 9.17) is 0 Å². The predicted octanol–water partition coefficient (Wildman–Crippen LogP) is 2.11. The minimum atomic E-state index is -0.219. The predicted molar refractivity (Wildman–Crippen MR) is 80.6 cm³/mol. The van der Waals surface area contributed by atoms with E-state index in [1.165, 1.54) is 16.9 Å². The van der Waals surface area contributed by atoms with Gasteiger partial charge in [-0.15, -0.1) is 0 Å². The van der Waals surface area contributed by atoms with Crippen molar-refractivity contribution in [2.75, 3.05) is 13.1 Å². The van der Waals surface area contributed by atoms with Crippen molar-refractivity contribution in [3.05, 3.63) is 35.4 Å². The lowest BCUT2D eigenvalue weighted by Gasteiger charge is -2.30. The largest absolute Gasteiger partial charge is 0.292 e. The van der Waals surface area contributed by atoms with Gasteiger partial charge in [0.05, 0.1) is 19.0 Å². The molecule has 21 heavy (non-hydrogen) atoms. The number of hydrogen-bond donors (Lipinski definition) is 0. The third-order valence-electron chi connectivity index (χ3n) is 4.51. The first kappa shape index (κ1) is 14.3. The Kier molecular flexibility index (Phi) is 4.06. The number of amides is 2. The van der Waals surface area contributed by atoms with Crippen molar-refractivity contribution in [3.63, 3.8) is 0 Å². The van der Waals surface area contributed by atoms with Gasteiger partial charge >= 0.3 is 0 Å². The molecule has 0 bridgehead atoms. The van der Waals surface area contributed by atoms with Crippen LogP contribution in [0.25, 0.3) is 0 Å². The van der Waals surface area contributed by atoms with E-state index in [9.17, 15) is 9.59 Å². The fourth-order valence-electron chi connectivity index (χ4n) is 3.22. The molecule has 2 fully saturated rings. The molecule has 0 aromatic heterocycles. The molecule has 2 saturated heterocycles. The van der Waals surface area contributed by atoms with Crippen LogP contribution in [-0.2, 0) is 16.1 Å². The maximum atomic E-state index is 12.5. The Morgan fingerprint density at radius 3 is 2.38 bits per heavy atom. The monoisotopic (exact) mass is 286 g/mol. The van der Waals surface area contributed by atoms with E-state index in [0.717, 1.165) is 31.5 Å². The van der Waals surface area contributed by atoms with Gasteiger partial charge in [-0.2, -0.15) is 0 Å². The Bertz CT molecular complexity index is 532. The summed E-state index contributed by atoms with van der Waals surface area (Å²) >= 11 is 0. The number of rotatable bonds is 3. The average Bonchev–Trinajstić information content (AvgIpc) is 2.78. The molecule has 0 N–H and O–H groups in total. The van der Waals surface area contributed by atoms with Crippen LogP contribution in [0.4, 0.5) is 0 Å². The van der Waals surface area contributed by atoms with E-state index in [0.29, 0.717) is 13.0 Å². The second-order valence-corrected chi connectivity index (χ2v) is 6.12. The highest BCUT2D eigenvalue weighted by molar-refractivity contribution is 6.05. The Morgan fingerprint density at radius 1 is 1.05 bits per heavy atom. The second-order valence-electron chi connectivity index (χ2n) is 6.12. The first-order valence-electron chi connectivity index (χ1n) is 7.79. The fourth-order valence-corrected chi connectivity index (χ4v) is 3.22. The summed E-state index contributed by atoms with van der Waals surface area (Å²) in [5.41, 5.74) is 2.20. The molecule has 1 aromatic carbocycles. The molecule has 2 heterocycles. The maximum absolute atomic E-state index is 12.5. The molecule has 2 aliphatic rings. The topological polar surface area (TPSA) is 40.6 Å². The molecule has 0 unspecified atom stereocenters. The molecule has 0 saturated carbocycles. The summed E-state index contributed by atoms with van der Waals surface area (Å²) in [6.07, 6.45) is 3.86. The first-order valence-corrected chi connectivity index (χ1v) is 7.79. The average molecular weight is 286 g/mol. The molecule has 3 rings (SSSR count). The van der Waals surface area contributed by atoms with Crippen LogP contribution in [0.3, 0.4) is 0 Å². The highest BCUT2D eigenvalue weighted by atomic mass is 16.2. The van der Waals surface area contributed by atoms with Gasteiger partial charge < -0.3 is 0 Å². The van der Waals surface area contributed by atoms with Gasteiger partial charge in [-0.05, 0) is 38.4 Å². The van der Waals surface area contributed by atoms with Crippen LogP contribution < -0.4 is 0 Å². The van der Waals surface area contributed by atoms with Crippen LogP contribution >= 0.6 is 0 Å². The fraction of sp³-hybridized carbons (Fsp3) is 0.529. The van der Waals surface area contributed by atoms with Gasteiger partial charge in [0.25, 0.3) is 0 Å². The molecular formula is C17H22N2O2. The summed E-state index contributed by atoms with van der Waals surface area (Å²) < 4.78 is 0. The van der Waals surface area contributed by atoms with Crippen LogP contribution in [-0.4, -0.2) is 40.7 Å². The molecular weight excluding hydrogens is 264 g/mol. The Hall–Kier alpha value is -1.68. The Balaban J connectivity index is 1.69. The number of hydrogen-bond acceptors (Lipinski definition) is 3. The highest BCUT2D eigenvalue weighted by Crippen LogP contribution is 2.24. The number of piperidine rings is 1. The molecule has 0 aliphatic carbocycles. The standard InChI is InChI=1S/C17H22N2O2/c1-13-5-7-14(8-6-13)12-19-16(20)11-15(17(19)21)18-9-3-2-4-10-18/h5-8,15H,2-4,9-12H2,1H3/t15-/m0/s1. The number of carbonyl (C=O) groups excluding carboxylic acids is 2. The number of likely N-dealkylation sites (tertiary alicyclic amines) is 2. The van der Waals surface area contributed by atoms with Gasteiger partial charge in [-0.1, -0.05) is 36.2 Å². The molecule has 0 spiro atoms. The third-order valence-corrected chi connectivity index (χ3v) is 4.51. The van der Waals surface area contributed by atoms with Gasteiger partial charge in [0.2, 0.25) is 11.8 Å². The molecule has 2 aliphatic heterocycles. The van der Waals surface area contributed by atoms with Gasteiger partial charge in [0, 0.05) is 0 Å². The zero-order valence-electron chi connectivity index (χ0n) is 12.5. The van der Waals surface area contributed by atoms with Crippen molar-refractivity contribution in [2.24, 2.45) is 0 Å². The molecule has 2 amide bonds. The smallest absolute Gasteiger partial charge is 0.247 e. The second kappa shape index (κ2) is 5.98. The van der Waals surface area contributed by atoms with Crippen LogP contribution in [0.5, 0.6) is 0 Å². The van der Waals surface area contributed by atoms with E-state index in [1.54, 1.807) is 0 Å². The van der Waals surface area contributed by atoms with Crippen LogP contribution in [0, 0.1) is 6.92 Å². The minimum Gasteiger partial charge on any atom is -0.292 e. The van der Waals surface area contributed by atoms with E-state index in [2.05, 4.69) is 4.90 Å². The third kappa shape index (κ3) is 3.00. The Morgan fingerprint density at radius 2 is 1.71 bits per heavy atom. The number of imide groups is 1. The van der Waals surface area contributed by atoms with Crippen molar-refractivity contribution in [3.8, 4) is 0 Å². The van der Waals surface area contributed by atoms with Crippen LogP contribution in [0.1, 0.15) is 36.8 Å². The summed E-state index contributed by atoms with van der Waals surface area (Å²) in [6, 6.07) is 7.79. The molecule has 4 nitrogen and oxygen atoms in total. The van der Waals surface area contributed by atoms with Crippen molar-refractivity contribution < 1.29 is 9.59 Å². The normalized spacial score (nSPS) is 23.9. The van der Waals surface area contributed by atoms with Crippen molar-refractivity contribution in [1.82, 2.24) is 9.80 Å². The lowest BCUT2D eigenvalue weighted by Crippen LogP contribution is -2.44. The van der Waals surface area contributed by atoms with Crippen LogP contribution in [0.2, 0.25) is 0 Å². The van der Waals surface area contributed by atoms with E-state index in [-0.39, 0.29) is 17.9 Å². The summed E-state index contributed by atoms with van der Waals surface area (Å²) in [5.74, 6) is -0.0429. The van der Waals surface area contributed by atoms with Crippen molar-refractivity contribution in [2.45, 2.75) is 45.2 Å². The summed E-state index contributed by atoms with van der Waals surface area (Å²) in [5, 5.41) is 0. The quantitative estimate of drug-likeness (QED) is 0.799. The molecule has 112 valence electrons. The molecule has 0 radical (unpaired) electrons. The highest BCUT2D eigenvalue weighted by Gasteiger charge is 2.41. The SMILES string of the molecule is Cc1ccc(CN2C(=O)C[C@H](N3CCCCC3)C2=O)cc1. The van der Waals surface area contributed by atoms with E-state index >= 15 is 0 Å². The summed E-state index contributed by atoms with van der Waals surface area (Å²) in [7, 11) is 0. The van der Waals surface area contributed by atoms with Gasteiger partial charge in [0.15, 0.2) is 0 Å². The minimum absolute atomic E-state index is 0.0116. The first-order chi connectivity index (χ1) is 10.1. The van der Waals surface area contributed by atoms with E-state index < -0.39 is 0 Å². The van der Waals surface area contributed by atoms with Crippen molar-refractivity contribution in [1.29, 1.82) is 0 Å². The van der Waals surface area contributed by atoms with Gasteiger partial charge in [0.1, 0.15) is 0 Å². The zero-order chi connectivity index (χ0) is 14.8. The van der Waals surface area contributed by atoms with Crippen LogP contribution in [0.15, 0.2) is 24.3 Å². The number of nitrogens with zero attached hydrogens (tertiary/aromatic N) is 2. The maximum Gasteiger partial charge on any atom is 0.247 e. The molecule has 1 atom stereocenters. The molecule has 1 aromatic rings. The number of aryl methyl sites for hydroxylation is 1. The number of carbonyl (C=O) groups is 2. The zero-order valence-corrected chi connectivity index (χ0v) is 12.5. The lowest BCUT2D eigenvalue weighted by atomic mass is 10.1.